The normalized spacial score (nSPS) is 10.5. The number of amides is 1. The summed E-state index contributed by atoms with van der Waals surface area (Å²) in [6, 6.07) is 13.2. The van der Waals surface area contributed by atoms with Gasteiger partial charge < -0.3 is 5.32 Å². The first-order valence-electron chi connectivity index (χ1n) is 7.58. The van der Waals surface area contributed by atoms with Crippen LogP contribution in [0.1, 0.15) is 5.56 Å². The van der Waals surface area contributed by atoms with Gasteiger partial charge >= 0.3 is 5.69 Å². The lowest BCUT2D eigenvalue weighted by Gasteiger charge is -2.09. The molecular weight excluding hydrogens is 323 g/mol. The summed E-state index contributed by atoms with van der Waals surface area (Å²) in [7, 11) is 0. The fraction of sp³-hybridized carbons (Fsp3) is 0.111. The summed E-state index contributed by atoms with van der Waals surface area (Å²) in [5.74, 6) is -0.826. The standard InChI is InChI=1S/C18H15FN4O2/c1-12-9-14(19)7-8-15(12)21-17(24)11-23-18(25)22-16(10-20-23)13-5-3-2-4-6-13/h2-10H,11H2,1H3,(H,21,24). The number of benzene rings is 2. The average molecular weight is 338 g/mol. The first-order valence-corrected chi connectivity index (χ1v) is 7.58. The molecule has 0 spiro atoms. The monoisotopic (exact) mass is 338 g/mol. The lowest BCUT2D eigenvalue weighted by Crippen LogP contribution is -2.31. The van der Waals surface area contributed by atoms with Crippen LogP contribution < -0.4 is 11.0 Å². The highest BCUT2D eigenvalue weighted by Crippen LogP contribution is 2.15. The van der Waals surface area contributed by atoms with Crippen LogP contribution in [0.5, 0.6) is 0 Å². The first-order chi connectivity index (χ1) is 12.0. The van der Waals surface area contributed by atoms with E-state index < -0.39 is 11.6 Å². The molecule has 0 aliphatic rings. The number of anilines is 1. The summed E-state index contributed by atoms with van der Waals surface area (Å²) in [6.07, 6.45) is 1.44. The third-order valence-electron chi connectivity index (χ3n) is 3.58. The molecule has 0 atom stereocenters. The number of aromatic nitrogens is 3. The van der Waals surface area contributed by atoms with E-state index in [4.69, 9.17) is 0 Å². The van der Waals surface area contributed by atoms with E-state index in [0.29, 0.717) is 16.9 Å². The number of halogens is 1. The van der Waals surface area contributed by atoms with Crippen LogP contribution in [0.4, 0.5) is 10.1 Å². The van der Waals surface area contributed by atoms with E-state index in [-0.39, 0.29) is 12.4 Å². The van der Waals surface area contributed by atoms with Crippen molar-refractivity contribution in [3.05, 3.63) is 76.6 Å². The van der Waals surface area contributed by atoms with Crippen LogP contribution in [-0.2, 0) is 11.3 Å². The molecule has 0 unspecified atom stereocenters. The Bertz CT molecular complexity index is 970. The van der Waals surface area contributed by atoms with Gasteiger partial charge in [-0.15, -0.1) is 0 Å². The molecule has 1 N–H and O–H groups in total. The van der Waals surface area contributed by atoms with Crippen molar-refractivity contribution >= 4 is 11.6 Å². The minimum Gasteiger partial charge on any atom is -0.324 e. The Hall–Kier alpha value is -3.35. The molecule has 6 nitrogen and oxygen atoms in total. The second-order valence-electron chi connectivity index (χ2n) is 5.46. The predicted octanol–water partition coefficient (Wildman–Crippen LogP) is 2.39. The van der Waals surface area contributed by atoms with Crippen LogP contribution in [0.3, 0.4) is 0 Å². The van der Waals surface area contributed by atoms with Crippen molar-refractivity contribution in [2.45, 2.75) is 13.5 Å². The Labute approximate surface area is 143 Å². The zero-order valence-electron chi connectivity index (χ0n) is 13.4. The molecule has 3 aromatic rings. The number of hydrogen-bond donors (Lipinski definition) is 1. The van der Waals surface area contributed by atoms with Crippen LogP contribution in [0.15, 0.2) is 59.5 Å². The lowest BCUT2D eigenvalue weighted by molar-refractivity contribution is -0.117. The minimum atomic E-state index is -0.618. The summed E-state index contributed by atoms with van der Waals surface area (Å²) in [6.45, 7) is 1.40. The average Bonchev–Trinajstić information content (AvgIpc) is 2.60. The first kappa shape index (κ1) is 16.5. The van der Waals surface area contributed by atoms with Gasteiger partial charge in [-0.1, -0.05) is 30.3 Å². The molecular formula is C18H15FN4O2. The third kappa shape index (κ3) is 3.95. The Balaban J connectivity index is 1.74. The van der Waals surface area contributed by atoms with E-state index in [1.54, 1.807) is 6.92 Å². The minimum absolute atomic E-state index is 0.280. The van der Waals surface area contributed by atoms with Gasteiger partial charge in [0.1, 0.15) is 12.4 Å². The largest absolute Gasteiger partial charge is 0.365 e. The van der Waals surface area contributed by atoms with Gasteiger partial charge in [0.15, 0.2) is 0 Å². The summed E-state index contributed by atoms with van der Waals surface area (Å²) in [5, 5.41) is 6.62. The van der Waals surface area contributed by atoms with Crippen LogP contribution >= 0.6 is 0 Å². The molecule has 1 aromatic heterocycles. The van der Waals surface area contributed by atoms with Gasteiger partial charge in [-0.25, -0.2) is 13.9 Å². The van der Waals surface area contributed by atoms with E-state index in [2.05, 4.69) is 15.4 Å². The number of aryl methyl sites for hydroxylation is 1. The van der Waals surface area contributed by atoms with Crippen molar-refractivity contribution in [1.82, 2.24) is 14.8 Å². The van der Waals surface area contributed by atoms with E-state index in [9.17, 15) is 14.0 Å². The Morgan fingerprint density at radius 1 is 1.20 bits per heavy atom. The van der Waals surface area contributed by atoms with Crippen molar-refractivity contribution < 1.29 is 9.18 Å². The number of hydrogen-bond acceptors (Lipinski definition) is 4. The van der Waals surface area contributed by atoms with E-state index in [1.807, 2.05) is 30.3 Å². The number of carbonyl (C=O) groups is 1. The summed E-state index contributed by atoms with van der Waals surface area (Å²) in [5.41, 5.74) is 1.66. The quantitative estimate of drug-likeness (QED) is 0.792. The molecule has 0 aliphatic heterocycles. The van der Waals surface area contributed by atoms with Crippen molar-refractivity contribution in [3.63, 3.8) is 0 Å². The van der Waals surface area contributed by atoms with Crippen molar-refractivity contribution in [2.75, 3.05) is 5.32 Å². The van der Waals surface area contributed by atoms with E-state index in [0.717, 1.165) is 10.2 Å². The van der Waals surface area contributed by atoms with Crippen molar-refractivity contribution in [1.29, 1.82) is 0 Å². The van der Waals surface area contributed by atoms with Gasteiger partial charge in [-0.3, -0.25) is 4.79 Å². The lowest BCUT2D eigenvalue weighted by atomic mass is 10.2. The zero-order chi connectivity index (χ0) is 17.8. The smallest absolute Gasteiger partial charge is 0.324 e. The highest BCUT2D eigenvalue weighted by atomic mass is 19.1. The molecule has 0 aliphatic carbocycles. The van der Waals surface area contributed by atoms with Crippen LogP contribution in [0, 0.1) is 12.7 Å². The number of nitrogens with one attached hydrogen (secondary N) is 1. The number of rotatable bonds is 4. The summed E-state index contributed by atoms with van der Waals surface area (Å²) < 4.78 is 14.1. The molecule has 7 heteroatoms. The summed E-state index contributed by atoms with van der Waals surface area (Å²) >= 11 is 0. The highest BCUT2D eigenvalue weighted by Gasteiger charge is 2.10. The maximum atomic E-state index is 13.1. The molecule has 1 heterocycles. The molecule has 126 valence electrons. The predicted molar refractivity (Wildman–Crippen MR) is 91.5 cm³/mol. The molecule has 1 amide bonds. The van der Waals surface area contributed by atoms with Gasteiger partial charge in [0.25, 0.3) is 0 Å². The second kappa shape index (κ2) is 7.04. The third-order valence-corrected chi connectivity index (χ3v) is 3.58. The van der Waals surface area contributed by atoms with E-state index >= 15 is 0 Å². The maximum Gasteiger partial charge on any atom is 0.365 e. The maximum absolute atomic E-state index is 13.1. The van der Waals surface area contributed by atoms with Crippen molar-refractivity contribution in [3.8, 4) is 11.3 Å². The Morgan fingerprint density at radius 3 is 2.64 bits per heavy atom. The molecule has 0 bridgehead atoms. The SMILES string of the molecule is Cc1cc(F)ccc1NC(=O)Cn1ncc(-c2ccccc2)nc1=O. The highest BCUT2D eigenvalue weighted by molar-refractivity contribution is 5.91. The molecule has 0 fully saturated rings. The summed E-state index contributed by atoms with van der Waals surface area (Å²) in [4.78, 5) is 28.1. The van der Waals surface area contributed by atoms with Crippen molar-refractivity contribution in [2.24, 2.45) is 0 Å². The molecule has 0 saturated heterocycles. The fourth-order valence-electron chi connectivity index (χ4n) is 2.31. The number of nitrogens with zero attached hydrogens (tertiary/aromatic N) is 3. The van der Waals surface area contributed by atoms with Gasteiger partial charge in [-0.2, -0.15) is 10.1 Å². The second-order valence-corrected chi connectivity index (χ2v) is 5.46. The van der Waals surface area contributed by atoms with Gasteiger partial charge in [-0.05, 0) is 30.7 Å². The van der Waals surface area contributed by atoms with Crippen LogP contribution in [0.2, 0.25) is 0 Å². The zero-order valence-corrected chi connectivity index (χ0v) is 13.4. The molecule has 2 aromatic carbocycles. The van der Waals surface area contributed by atoms with Gasteiger partial charge in [0, 0.05) is 11.3 Å². The molecule has 0 radical (unpaired) electrons. The van der Waals surface area contributed by atoms with Crippen LogP contribution in [-0.4, -0.2) is 20.7 Å². The molecule has 3 rings (SSSR count). The van der Waals surface area contributed by atoms with Crippen LogP contribution in [0.25, 0.3) is 11.3 Å². The van der Waals surface area contributed by atoms with Gasteiger partial charge in [0.2, 0.25) is 5.91 Å². The van der Waals surface area contributed by atoms with E-state index in [1.165, 1.54) is 24.4 Å². The molecule has 25 heavy (non-hydrogen) atoms. The number of carbonyl (C=O) groups excluding carboxylic acids is 1. The Morgan fingerprint density at radius 2 is 1.96 bits per heavy atom. The molecule has 0 saturated carbocycles. The Kier molecular flexibility index (Phi) is 4.65. The van der Waals surface area contributed by atoms with Gasteiger partial charge in [0.05, 0.1) is 11.9 Å². The topological polar surface area (TPSA) is 76.9 Å². The fourth-order valence-corrected chi connectivity index (χ4v) is 2.31.